The van der Waals surface area contributed by atoms with Crippen molar-refractivity contribution in [3.05, 3.63) is 29.8 Å². The van der Waals surface area contributed by atoms with Crippen molar-refractivity contribution in [2.75, 3.05) is 13.2 Å². The second-order valence-corrected chi connectivity index (χ2v) is 4.02. The van der Waals surface area contributed by atoms with Crippen LogP contribution in [0.1, 0.15) is 30.6 Å². The van der Waals surface area contributed by atoms with Crippen LogP contribution in [0.15, 0.2) is 18.5 Å². The van der Waals surface area contributed by atoms with Crippen LogP contribution in [0, 0.1) is 5.82 Å². The van der Waals surface area contributed by atoms with Gasteiger partial charge in [-0.2, -0.15) is 0 Å². The van der Waals surface area contributed by atoms with Gasteiger partial charge in [0.1, 0.15) is 0 Å². The van der Waals surface area contributed by atoms with E-state index in [4.69, 9.17) is 5.11 Å². The van der Waals surface area contributed by atoms with Crippen LogP contribution in [0.25, 0.3) is 0 Å². The smallest absolute Gasteiger partial charge is 0.257 e. The van der Waals surface area contributed by atoms with Gasteiger partial charge in [0.15, 0.2) is 5.82 Å². The normalized spacial score (nSPS) is 10.6. The minimum atomic E-state index is -0.618. The maximum atomic E-state index is 13.4. The minimum Gasteiger partial charge on any atom is -0.396 e. The van der Waals surface area contributed by atoms with Gasteiger partial charge in [0.05, 0.1) is 11.8 Å². The van der Waals surface area contributed by atoms with Crippen molar-refractivity contribution in [3.8, 4) is 0 Å². The number of hydrogen-bond donors (Lipinski definition) is 1. The number of aliphatic hydroxyl groups excluding tert-OH is 1. The summed E-state index contributed by atoms with van der Waals surface area (Å²) in [6, 6.07) is 1.33. The van der Waals surface area contributed by atoms with Crippen molar-refractivity contribution in [3.63, 3.8) is 0 Å². The predicted octanol–water partition coefficient (Wildman–Crippen LogP) is 1.45. The number of rotatable bonds is 5. The maximum absolute atomic E-state index is 13.4. The third-order valence-corrected chi connectivity index (χ3v) is 2.44. The molecule has 1 aromatic heterocycles. The molecule has 0 saturated carbocycles. The zero-order valence-electron chi connectivity index (χ0n) is 10.1. The molecule has 0 saturated heterocycles. The highest BCUT2D eigenvalue weighted by molar-refractivity contribution is 5.94. The highest BCUT2D eigenvalue weighted by atomic mass is 19.1. The van der Waals surface area contributed by atoms with Crippen molar-refractivity contribution in [2.45, 2.75) is 26.3 Å². The lowest BCUT2D eigenvalue weighted by Gasteiger charge is -2.26. The first-order valence-corrected chi connectivity index (χ1v) is 5.59. The van der Waals surface area contributed by atoms with Gasteiger partial charge in [-0.15, -0.1) is 0 Å². The zero-order chi connectivity index (χ0) is 12.8. The van der Waals surface area contributed by atoms with Crippen molar-refractivity contribution in [2.24, 2.45) is 0 Å². The van der Waals surface area contributed by atoms with Gasteiger partial charge in [-0.25, -0.2) is 4.39 Å². The Hall–Kier alpha value is -1.49. The van der Waals surface area contributed by atoms with Crippen molar-refractivity contribution in [1.82, 2.24) is 9.88 Å². The lowest BCUT2D eigenvalue weighted by atomic mass is 10.2. The molecule has 0 radical (unpaired) electrons. The molecule has 0 spiro atoms. The summed E-state index contributed by atoms with van der Waals surface area (Å²) >= 11 is 0. The molecule has 0 bridgehead atoms. The average molecular weight is 240 g/mol. The first-order valence-electron chi connectivity index (χ1n) is 5.59. The topological polar surface area (TPSA) is 53.4 Å². The first-order chi connectivity index (χ1) is 8.07. The fourth-order valence-corrected chi connectivity index (χ4v) is 1.54. The molecular weight excluding hydrogens is 223 g/mol. The van der Waals surface area contributed by atoms with E-state index in [2.05, 4.69) is 4.98 Å². The molecule has 0 aliphatic heterocycles. The summed E-state index contributed by atoms with van der Waals surface area (Å²) in [7, 11) is 0. The van der Waals surface area contributed by atoms with Gasteiger partial charge >= 0.3 is 0 Å². The Labute approximate surface area is 100 Å². The van der Waals surface area contributed by atoms with Gasteiger partial charge in [-0.1, -0.05) is 0 Å². The van der Waals surface area contributed by atoms with Crippen molar-refractivity contribution in [1.29, 1.82) is 0 Å². The summed E-state index contributed by atoms with van der Waals surface area (Å²) in [4.78, 5) is 17.2. The monoisotopic (exact) mass is 240 g/mol. The summed E-state index contributed by atoms with van der Waals surface area (Å²) in [5.41, 5.74) is 0.0200. The lowest BCUT2D eigenvalue weighted by molar-refractivity contribution is 0.0688. The molecule has 1 rings (SSSR count). The molecule has 1 amide bonds. The minimum absolute atomic E-state index is 0.00925. The standard InChI is InChI=1S/C12H17FN2O2/c1-9(2)15(6-3-7-16)12(17)10-4-5-14-8-11(10)13/h4-5,8-9,16H,3,6-7H2,1-2H3. The van der Waals surface area contributed by atoms with Crippen LogP contribution < -0.4 is 0 Å². The van der Waals surface area contributed by atoms with E-state index in [1.54, 1.807) is 0 Å². The van der Waals surface area contributed by atoms with Crippen LogP contribution in [0.5, 0.6) is 0 Å². The number of carbonyl (C=O) groups is 1. The molecule has 0 aliphatic rings. The fraction of sp³-hybridized carbons (Fsp3) is 0.500. The summed E-state index contributed by atoms with van der Waals surface area (Å²) in [6.45, 7) is 4.13. The summed E-state index contributed by atoms with van der Waals surface area (Å²) < 4.78 is 13.4. The quantitative estimate of drug-likeness (QED) is 0.847. The predicted molar refractivity (Wildman–Crippen MR) is 62.1 cm³/mol. The van der Waals surface area contributed by atoms with Gasteiger partial charge in [0.25, 0.3) is 5.91 Å². The number of halogens is 1. The van der Waals surface area contributed by atoms with E-state index in [-0.39, 0.29) is 24.1 Å². The molecule has 1 N–H and O–H groups in total. The van der Waals surface area contributed by atoms with Crippen LogP contribution in [0.2, 0.25) is 0 Å². The van der Waals surface area contributed by atoms with Crippen LogP contribution in [-0.4, -0.2) is 40.1 Å². The van der Waals surface area contributed by atoms with Crippen LogP contribution in [-0.2, 0) is 0 Å². The second-order valence-electron chi connectivity index (χ2n) is 4.02. The third-order valence-electron chi connectivity index (χ3n) is 2.44. The van der Waals surface area contributed by atoms with Crippen molar-refractivity contribution >= 4 is 5.91 Å². The Morgan fingerprint density at radius 2 is 2.29 bits per heavy atom. The number of carbonyl (C=O) groups excluding carboxylic acids is 1. The van der Waals surface area contributed by atoms with Crippen LogP contribution in [0.3, 0.4) is 0 Å². The molecule has 0 aromatic carbocycles. The Kier molecular flexibility index (Phi) is 5.03. The first kappa shape index (κ1) is 13.6. The van der Waals surface area contributed by atoms with E-state index in [0.29, 0.717) is 13.0 Å². The molecule has 1 heterocycles. The number of amides is 1. The number of hydrogen-bond acceptors (Lipinski definition) is 3. The molecule has 94 valence electrons. The van der Waals surface area contributed by atoms with E-state index in [1.807, 2.05) is 13.8 Å². The second kappa shape index (κ2) is 6.30. The molecule has 0 unspecified atom stereocenters. The molecule has 0 atom stereocenters. The van der Waals surface area contributed by atoms with Crippen LogP contribution >= 0.6 is 0 Å². The largest absolute Gasteiger partial charge is 0.396 e. The van der Waals surface area contributed by atoms with Crippen molar-refractivity contribution < 1.29 is 14.3 Å². The Bertz CT molecular complexity index is 383. The SMILES string of the molecule is CC(C)N(CCCO)C(=O)c1ccncc1F. The molecule has 5 heteroatoms. The maximum Gasteiger partial charge on any atom is 0.257 e. The lowest BCUT2D eigenvalue weighted by Crippen LogP contribution is -2.38. The highest BCUT2D eigenvalue weighted by Gasteiger charge is 2.20. The molecular formula is C12H17FN2O2. The van der Waals surface area contributed by atoms with E-state index >= 15 is 0 Å². The number of aliphatic hydroxyl groups is 1. The van der Waals surface area contributed by atoms with Gasteiger partial charge in [-0.05, 0) is 26.3 Å². The van der Waals surface area contributed by atoms with Gasteiger partial charge < -0.3 is 10.0 Å². The van der Waals surface area contributed by atoms with E-state index < -0.39 is 5.82 Å². The molecule has 17 heavy (non-hydrogen) atoms. The third kappa shape index (κ3) is 3.49. The van der Waals surface area contributed by atoms with Crippen LogP contribution in [0.4, 0.5) is 4.39 Å². The highest BCUT2D eigenvalue weighted by Crippen LogP contribution is 2.11. The van der Waals surface area contributed by atoms with E-state index in [1.165, 1.54) is 17.2 Å². The van der Waals surface area contributed by atoms with E-state index in [9.17, 15) is 9.18 Å². The molecule has 1 aromatic rings. The van der Waals surface area contributed by atoms with Gasteiger partial charge in [-0.3, -0.25) is 9.78 Å². The Morgan fingerprint density at radius 3 is 2.82 bits per heavy atom. The zero-order valence-corrected chi connectivity index (χ0v) is 10.1. The Morgan fingerprint density at radius 1 is 1.59 bits per heavy atom. The molecule has 0 aliphatic carbocycles. The average Bonchev–Trinajstić information content (AvgIpc) is 2.29. The Balaban J connectivity index is 2.88. The summed E-state index contributed by atoms with van der Waals surface area (Å²) in [5.74, 6) is -0.986. The van der Waals surface area contributed by atoms with E-state index in [0.717, 1.165) is 6.20 Å². The molecule has 0 fully saturated rings. The number of nitrogens with zero attached hydrogens (tertiary/aromatic N) is 2. The fourth-order valence-electron chi connectivity index (χ4n) is 1.54. The number of aromatic nitrogens is 1. The summed E-state index contributed by atoms with van der Waals surface area (Å²) in [6.07, 6.45) is 2.90. The van der Waals surface area contributed by atoms with Gasteiger partial charge in [0, 0.05) is 25.4 Å². The summed E-state index contributed by atoms with van der Waals surface area (Å²) in [5, 5.41) is 8.78. The molecule has 4 nitrogen and oxygen atoms in total. The van der Waals surface area contributed by atoms with Gasteiger partial charge in [0.2, 0.25) is 0 Å². The number of pyridine rings is 1.